The summed E-state index contributed by atoms with van der Waals surface area (Å²) in [6.45, 7) is 0.629. The summed E-state index contributed by atoms with van der Waals surface area (Å²) in [6.07, 6.45) is 3.76. The molecule has 0 amide bonds. The van der Waals surface area contributed by atoms with Crippen molar-refractivity contribution in [3.63, 3.8) is 0 Å². The van der Waals surface area contributed by atoms with E-state index in [-0.39, 0.29) is 0 Å². The number of benzene rings is 1. The molecule has 3 aromatic rings. The highest BCUT2D eigenvalue weighted by Crippen LogP contribution is 2.21. The molecular formula is C15H11BrN4. The van der Waals surface area contributed by atoms with Crippen LogP contribution >= 0.6 is 15.9 Å². The van der Waals surface area contributed by atoms with Gasteiger partial charge in [-0.2, -0.15) is 10.4 Å². The molecule has 1 aromatic carbocycles. The number of nitrogens with one attached hydrogen (secondary N) is 1. The van der Waals surface area contributed by atoms with Gasteiger partial charge in [0, 0.05) is 22.8 Å². The van der Waals surface area contributed by atoms with Gasteiger partial charge in [0.05, 0.1) is 23.0 Å². The summed E-state index contributed by atoms with van der Waals surface area (Å²) in [4.78, 5) is 0. The average Bonchev–Trinajstić information content (AvgIpc) is 2.89. The number of rotatable bonds is 3. The Hall–Kier alpha value is -2.32. The molecule has 98 valence electrons. The largest absolute Gasteiger partial charge is 0.380 e. The zero-order valence-corrected chi connectivity index (χ0v) is 12.1. The van der Waals surface area contributed by atoms with E-state index in [1.807, 2.05) is 47.2 Å². The molecule has 0 bridgehead atoms. The monoisotopic (exact) mass is 326 g/mol. The SMILES string of the molecule is N#Cc1cc(Br)ccc1NCc1cnn2ccccc12. The molecule has 0 saturated heterocycles. The van der Waals surface area contributed by atoms with Crippen molar-refractivity contribution in [1.82, 2.24) is 9.61 Å². The predicted octanol–water partition coefficient (Wildman–Crippen LogP) is 3.58. The molecule has 0 atom stereocenters. The quantitative estimate of drug-likeness (QED) is 0.800. The molecule has 3 rings (SSSR count). The van der Waals surface area contributed by atoms with E-state index in [2.05, 4.69) is 32.4 Å². The van der Waals surface area contributed by atoms with Crippen LogP contribution in [0.1, 0.15) is 11.1 Å². The minimum Gasteiger partial charge on any atom is -0.380 e. The lowest BCUT2D eigenvalue weighted by atomic mass is 10.2. The van der Waals surface area contributed by atoms with Gasteiger partial charge in [0.15, 0.2) is 0 Å². The van der Waals surface area contributed by atoms with Crippen LogP contribution < -0.4 is 5.32 Å². The topological polar surface area (TPSA) is 53.1 Å². The fourth-order valence-corrected chi connectivity index (χ4v) is 2.44. The Morgan fingerprint density at radius 2 is 2.20 bits per heavy atom. The number of pyridine rings is 1. The maximum Gasteiger partial charge on any atom is 0.101 e. The Morgan fingerprint density at radius 3 is 3.05 bits per heavy atom. The maximum absolute atomic E-state index is 9.14. The zero-order chi connectivity index (χ0) is 13.9. The van der Waals surface area contributed by atoms with Gasteiger partial charge in [-0.25, -0.2) is 4.52 Å². The second kappa shape index (κ2) is 5.35. The van der Waals surface area contributed by atoms with Crippen molar-refractivity contribution in [2.24, 2.45) is 0 Å². The first-order valence-corrected chi connectivity index (χ1v) is 6.92. The Balaban J connectivity index is 1.85. The van der Waals surface area contributed by atoms with Crippen LogP contribution in [0.3, 0.4) is 0 Å². The summed E-state index contributed by atoms with van der Waals surface area (Å²) in [5.74, 6) is 0. The number of aromatic nitrogens is 2. The number of hydrogen-bond donors (Lipinski definition) is 1. The maximum atomic E-state index is 9.14. The lowest BCUT2D eigenvalue weighted by Crippen LogP contribution is -2.01. The van der Waals surface area contributed by atoms with Gasteiger partial charge in [-0.05, 0) is 30.3 Å². The molecule has 20 heavy (non-hydrogen) atoms. The number of hydrogen-bond acceptors (Lipinski definition) is 3. The van der Waals surface area contributed by atoms with Crippen molar-refractivity contribution in [2.75, 3.05) is 5.32 Å². The molecule has 0 saturated carbocycles. The molecule has 0 spiro atoms. The van der Waals surface area contributed by atoms with Crippen LogP contribution in [0.4, 0.5) is 5.69 Å². The summed E-state index contributed by atoms with van der Waals surface area (Å²) in [7, 11) is 0. The van der Waals surface area contributed by atoms with E-state index in [0.717, 1.165) is 21.2 Å². The number of anilines is 1. The minimum atomic E-state index is 0.621. The van der Waals surface area contributed by atoms with Gasteiger partial charge >= 0.3 is 0 Å². The summed E-state index contributed by atoms with van der Waals surface area (Å²) in [5.41, 5.74) is 3.61. The molecule has 0 aliphatic carbocycles. The molecule has 0 aliphatic heterocycles. The predicted molar refractivity (Wildman–Crippen MR) is 81.4 cm³/mol. The van der Waals surface area contributed by atoms with Crippen LogP contribution in [0.2, 0.25) is 0 Å². The van der Waals surface area contributed by atoms with Crippen molar-refractivity contribution < 1.29 is 0 Å². The van der Waals surface area contributed by atoms with E-state index in [9.17, 15) is 0 Å². The molecule has 0 radical (unpaired) electrons. The minimum absolute atomic E-state index is 0.621. The highest BCUT2D eigenvalue weighted by molar-refractivity contribution is 9.10. The van der Waals surface area contributed by atoms with Crippen molar-refractivity contribution in [2.45, 2.75) is 6.54 Å². The molecule has 2 heterocycles. The average molecular weight is 327 g/mol. The summed E-state index contributed by atoms with van der Waals surface area (Å²) in [6, 6.07) is 13.8. The molecule has 4 nitrogen and oxygen atoms in total. The van der Waals surface area contributed by atoms with Gasteiger partial charge in [-0.3, -0.25) is 0 Å². The molecule has 0 fully saturated rings. The Morgan fingerprint density at radius 1 is 1.30 bits per heavy atom. The van der Waals surface area contributed by atoms with Crippen molar-refractivity contribution in [3.05, 3.63) is 64.4 Å². The smallest absolute Gasteiger partial charge is 0.101 e. The number of nitrogens with zero attached hydrogens (tertiary/aromatic N) is 3. The van der Waals surface area contributed by atoms with Gasteiger partial charge in [-0.15, -0.1) is 0 Å². The lowest BCUT2D eigenvalue weighted by molar-refractivity contribution is 0.961. The first-order valence-electron chi connectivity index (χ1n) is 6.13. The van der Waals surface area contributed by atoms with Crippen LogP contribution in [0, 0.1) is 11.3 Å². The van der Waals surface area contributed by atoms with Crippen LogP contribution in [-0.2, 0) is 6.54 Å². The summed E-state index contributed by atoms with van der Waals surface area (Å²) in [5, 5.41) is 16.7. The molecule has 1 N–H and O–H groups in total. The summed E-state index contributed by atoms with van der Waals surface area (Å²) < 4.78 is 2.74. The third-order valence-corrected chi connectivity index (χ3v) is 3.57. The highest BCUT2D eigenvalue weighted by Gasteiger charge is 2.05. The highest BCUT2D eigenvalue weighted by atomic mass is 79.9. The fourth-order valence-electron chi connectivity index (χ4n) is 2.08. The molecule has 2 aromatic heterocycles. The zero-order valence-electron chi connectivity index (χ0n) is 10.5. The normalized spacial score (nSPS) is 10.4. The molecule has 0 unspecified atom stereocenters. The van der Waals surface area contributed by atoms with Gasteiger partial charge in [0.1, 0.15) is 6.07 Å². The second-order valence-electron chi connectivity index (χ2n) is 4.36. The Labute approximate surface area is 124 Å². The standard InChI is InChI=1S/C15H11BrN4/c16-13-4-5-14(11(7-13)8-17)18-9-12-10-19-20-6-2-1-3-15(12)20/h1-7,10,18H,9H2. The van der Waals surface area contributed by atoms with Gasteiger partial charge in [0.2, 0.25) is 0 Å². The number of nitriles is 1. The molecule has 0 aliphatic rings. The fraction of sp³-hybridized carbons (Fsp3) is 0.0667. The second-order valence-corrected chi connectivity index (χ2v) is 5.27. The van der Waals surface area contributed by atoms with Crippen LogP contribution in [0.15, 0.2) is 53.3 Å². The van der Waals surface area contributed by atoms with E-state index in [0.29, 0.717) is 12.1 Å². The van der Waals surface area contributed by atoms with Gasteiger partial charge in [-0.1, -0.05) is 22.0 Å². The van der Waals surface area contributed by atoms with E-state index >= 15 is 0 Å². The van der Waals surface area contributed by atoms with Crippen LogP contribution in [0.5, 0.6) is 0 Å². The first-order chi connectivity index (χ1) is 9.78. The van der Waals surface area contributed by atoms with E-state index in [1.54, 1.807) is 6.07 Å². The van der Waals surface area contributed by atoms with Gasteiger partial charge < -0.3 is 5.32 Å². The third-order valence-electron chi connectivity index (χ3n) is 3.08. The lowest BCUT2D eigenvalue weighted by Gasteiger charge is -2.07. The van der Waals surface area contributed by atoms with E-state index < -0.39 is 0 Å². The van der Waals surface area contributed by atoms with E-state index in [4.69, 9.17) is 5.26 Å². The number of fused-ring (bicyclic) bond motifs is 1. The first kappa shape index (κ1) is 12.7. The molecular weight excluding hydrogens is 316 g/mol. The van der Waals surface area contributed by atoms with Crippen LogP contribution in [-0.4, -0.2) is 9.61 Å². The summed E-state index contributed by atoms with van der Waals surface area (Å²) >= 11 is 3.37. The van der Waals surface area contributed by atoms with Crippen molar-refractivity contribution >= 4 is 27.1 Å². The van der Waals surface area contributed by atoms with Crippen molar-refractivity contribution in [3.8, 4) is 6.07 Å². The van der Waals surface area contributed by atoms with Gasteiger partial charge in [0.25, 0.3) is 0 Å². The van der Waals surface area contributed by atoms with Crippen LogP contribution in [0.25, 0.3) is 5.52 Å². The number of halogens is 1. The molecule has 5 heteroatoms. The van der Waals surface area contributed by atoms with E-state index in [1.165, 1.54) is 0 Å². The Kier molecular flexibility index (Phi) is 3.40. The Bertz CT molecular complexity index is 801. The van der Waals surface area contributed by atoms with Crippen molar-refractivity contribution in [1.29, 1.82) is 5.26 Å². The third kappa shape index (κ3) is 2.38.